The minimum atomic E-state index is -0.289. The molecule has 7 heteroatoms. The molecule has 1 aliphatic rings. The molecule has 0 radical (unpaired) electrons. The van der Waals surface area contributed by atoms with Gasteiger partial charge in [-0.15, -0.1) is 0 Å². The van der Waals surface area contributed by atoms with Crippen molar-refractivity contribution < 1.29 is 9.18 Å². The SMILES string of the molecule is O=C(Nc1ccc(-c2ccn[nH]2)cc1)N1CC(Cc2c(F)cccc2Cl)C1. The van der Waals surface area contributed by atoms with Crippen molar-refractivity contribution in [1.29, 1.82) is 0 Å². The normalized spacial score (nSPS) is 14.1. The molecule has 0 bridgehead atoms. The van der Waals surface area contributed by atoms with E-state index in [0.29, 0.717) is 30.1 Å². The number of nitrogens with one attached hydrogen (secondary N) is 2. The number of H-pyrrole nitrogens is 1. The Morgan fingerprint density at radius 2 is 2.00 bits per heavy atom. The molecule has 2 amide bonds. The molecule has 2 heterocycles. The summed E-state index contributed by atoms with van der Waals surface area (Å²) >= 11 is 6.07. The molecule has 0 unspecified atom stereocenters. The number of anilines is 1. The Labute approximate surface area is 161 Å². The first-order valence-electron chi connectivity index (χ1n) is 8.69. The fraction of sp³-hybridized carbons (Fsp3) is 0.200. The molecule has 5 nitrogen and oxygen atoms in total. The van der Waals surface area contributed by atoms with Crippen LogP contribution in [-0.2, 0) is 6.42 Å². The molecule has 0 saturated carbocycles. The van der Waals surface area contributed by atoms with Crippen LogP contribution in [0.2, 0.25) is 5.02 Å². The van der Waals surface area contributed by atoms with Gasteiger partial charge in [-0.05, 0) is 48.2 Å². The lowest BCUT2D eigenvalue weighted by Gasteiger charge is -2.39. The van der Waals surface area contributed by atoms with Gasteiger partial charge in [-0.1, -0.05) is 29.8 Å². The first kappa shape index (κ1) is 17.5. The average molecular weight is 385 g/mol. The molecule has 138 valence electrons. The zero-order valence-electron chi connectivity index (χ0n) is 14.5. The summed E-state index contributed by atoms with van der Waals surface area (Å²) < 4.78 is 13.9. The summed E-state index contributed by atoms with van der Waals surface area (Å²) in [6.07, 6.45) is 2.23. The molecule has 0 spiro atoms. The maximum atomic E-state index is 13.9. The standard InChI is InChI=1S/C20H18ClFN4O/c21-17-2-1-3-18(22)16(17)10-13-11-26(12-13)20(27)24-15-6-4-14(5-7-15)19-8-9-23-25-19/h1-9,13H,10-12H2,(H,23,25)(H,24,27). The number of benzene rings is 2. The highest BCUT2D eigenvalue weighted by Gasteiger charge is 2.31. The molecule has 2 N–H and O–H groups in total. The monoisotopic (exact) mass is 384 g/mol. The molecular formula is C20H18ClFN4O. The zero-order chi connectivity index (χ0) is 18.8. The minimum Gasteiger partial charge on any atom is -0.324 e. The molecule has 1 aliphatic heterocycles. The Hall–Kier alpha value is -2.86. The van der Waals surface area contributed by atoms with E-state index in [1.807, 2.05) is 30.3 Å². The van der Waals surface area contributed by atoms with Crippen LogP contribution in [0.4, 0.5) is 14.9 Å². The van der Waals surface area contributed by atoms with Gasteiger partial charge >= 0.3 is 6.03 Å². The molecule has 2 aromatic carbocycles. The Bertz CT molecular complexity index is 917. The second kappa shape index (κ2) is 7.40. The molecule has 1 fully saturated rings. The van der Waals surface area contributed by atoms with Crippen LogP contribution in [0.5, 0.6) is 0 Å². The first-order chi connectivity index (χ1) is 13.1. The minimum absolute atomic E-state index is 0.153. The van der Waals surface area contributed by atoms with E-state index in [9.17, 15) is 9.18 Å². The highest BCUT2D eigenvalue weighted by molar-refractivity contribution is 6.31. The first-order valence-corrected chi connectivity index (χ1v) is 9.06. The van der Waals surface area contributed by atoms with Crippen molar-refractivity contribution in [3.8, 4) is 11.3 Å². The molecule has 27 heavy (non-hydrogen) atoms. The number of nitrogens with zero attached hydrogens (tertiary/aromatic N) is 2. The van der Waals surface area contributed by atoms with Gasteiger partial charge in [0.1, 0.15) is 5.82 Å². The van der Waals surface area contributed by atoms with Gasteiger partial charge in [0.05, 0.1) is 5.69 Å². The molecule has 0 aliphatic carbocycles. The number of aromatic amines is 1. The Kier molecular flexibility index (Phi) is 4.81. The number of hydrogen-bond acceptors (Lipinski definition) is 2. The van der Waals surface area contributed by atoms with E-state index in [2.05, 4.69) is 15.5 Å². The Morgan fingerprint density at radius 1 is 1.22 bits per heavy atom. The molecular weight excluding hydrogens is 367 g/mol. The van der Waals surface area contributed by atoms with Crippen molar-refractivity contribution in [2.24, 2.45) is 5.92 Å². The van der Waals surface area contributed by atoms with Crippen molar-refractivity contribution in [1.82, 2.24) is 15.1 Å². The van der Waals surface area contributed by atoms with Crippen molar-refractivity contribution in [2.45, 2.75) is 6.42 Å². The second-order valence-corrected chi connectivity index (χ2v) is 7.06. The number of urea groups is 1. The number of aromatic nitrogens is 2. The van der Waals surface area contributed by atoms with Crippen molar-refractivity contribution >= 4 is 23.3 Å². The van der Waals surface area contributed by atoms with Crippen molar-refractivity contribution in [3.05, 3.63) is 71.1 Å². The van der Waals surface area contributed by atoms with E-state index in [-0.39, 0.29) is 17.8 Å². The van der Waals surface area contributed by atoms with Gasteiger partial charge in [0, 0.05) is 35.6 Å². The van der Waals surface area contributed by atoms with Crippen LogP contribution in [0.15, 0.2) is 54.7 Å². The van der Waals surface area contributed by atoms with Crippen LogP contribution in [0.3, 0.4) is 0 Å². The van der Waals surface area contributed by atoms with Crippen molar-refractivity contribution in [3.63, 3.8) is 0 Å². The summed E-state index contributed by atoms with van der Waals surface area (Å²) in [5.41, 5.74) is 3.17. The maximum Gasteiger partial charge on any atom is 0.321 e. The zero-order valence-corrected chi connectivity index (χ0v) is 15.2. The third kappa shape index (κ3) is 3.80. The van der Waals surface area contributed by atoms with Gasteiger partial charge < -0.3 is 10.2 Å². The van der Waals surface area contributed by atoms with Crippen LogP contribution >= 0.6 is 11.6 Å². The van der Waals surface area contributed by atoms with E-state index < -0.39 is 0 Å². The third-order valence-corrected chi connectivity index (χ3v) is 5.10. The van der Waals surface area contributed by atoms with Crippen LogP contribution in [0.1, 0.15) is 5.56 Å². The van der Waals surface area contributed by atoms with E-state index in [0.717, 1.165) is 16.9 Å². The number of carbonyl (C=O) groups is 1. The summed E-state index contributed by atoms with van der Waals surface area (Å²) in [5.74, 6) is -0.0735. The quantitative estimate of drug-likeness (QED) is 0.691. The predicted octanol–water partition coefficient (Wildman–Crippen LogP) is 4.58. The van der Waals surface area contributed by atoms with Crippen LogP contribution < -0.4 is 5.32 Å². The fourth-order valence-corrected chi connectivity index (χ4v) is 3.47. The van der Waals surface area contributed by atoms with E-state index >= 15 is 0 Å². The number of likely N-dealkylation sites (tertiary alicyclic amines) is 1. The lowest BCUT2D eigenvalue weighted by atomic mass is 9.92. The summed E-state index contributed by atoms with van der Waals surface area (Å²) in [7, 11) is 0. The van der Waals surface area contributed by atoms with E-state index in [1.54, 1.807) is 23.2 Å². The topological polar surface area (TPSA) is 61.0 Å². The van der Waals surface area contributed by atoms with Gasteiger partial charge in [-0.3, -0.25) is 5.10 Å². The second-order valence-electron chi connectivity index (χ2n) is 6.65. The van der Waals surface area contributed by atoms with Gasteiger partial charge in [-0.25, -0.2) is 9.18 Å². The summed E-state index contributed by atoms with van der Waals surface area (Å²) in [4.78, 5) is 14.0. The summed E-state index contributed by atoms with van der Waals surface area (Å²) in [6.45, 7) is 1.17. The Balaban J connectivity index is 1.30. The molecule has 0 atom stereocenters. The average Bonchev–Trinajstić information content (AvgIpc) is 3.15. The number of rotatable bonds is 4. The number of hydrogen-bond donors (Lipinski definition) is 2. The van der Waals surface area contributed by atoms with E-state index in [1.165, 1.54) is 6.07 Å². The maximum absolute atomic E-state index is 13.9. The van der Waals surface area contributed by atoms with Gasteiger partial charge in [0.25, 0.3) is 0 Å². The molecule has 1 aromatic heterocycles. The molecule has 3 aromatic rings. The van der Waals surface area contributed by atoms with Crippen LogP contribution in [0.25, 0.3) is 11.3 Å². The Morgan fingerprint density at radius 3 is 2.67 bits per heavy atom. The smallest absolute Gasteiger partial charge is 0.321 e. The fourth-order valence-electron chi connectivity index (χ4n) is 3.23. The van der Waals surface area contributed by atoms with Gasteiger partial charge in [0.2, 0.25) is 0 Å². The molecule has 1 saturated heterocycles. The summed E-state index contributed by atoms with van der Waals surface area (Å²) in [6, 6.07) is 14.0. The highest BCUT2D eigenvalue weighted by atomic mass is 35.5. The van der Waals surface area contributed by atoms with Gasteiger partial charge in [-0.2, -0.15) is 5.10 Å². The van der Waals surface area contributed by atoms with E-state index in [4.69, 9.17) is 11.6 Å². The number of halogens is 2. The highest BCUT2D eigenvalue weighted by Crippen LogP contribution is 2.27. The number of carbonyl (C=O) groups excluding carboxylic acids is 1. The van der Waals surface area contributed by atoms with Crippen molar-refractivity contribution in [2.75, 3.05) is 18.4 Å². The predicted molar refractivity (Wildman–Crippen MR) is 103 cm³/mol. The van der Waals surface area contributed by atoms with Crippen LogP contribution in [-0.4, -0.2) is 34.2 Å². The molecule has 4 rings (SSSR count). The van der Waals surface area contributed by atoms with Crippen LogP contribution in [0, 0.1) is 11.7 Å². The lowest BCUT2D eigenvalue weighted by Crippen LogP contribution is -2.52. The summed E-state index contributed by atoms with van der Waals surface area (Å²) in [5, 5.41) is 10.2. The number of amides is 2. The lowest BCUT2D eigenvalue weighted by molar-refractivity contribution is 0.130. The third-order valence-electron chi connectivity index (χ3n) is 4.75. The van der Waals surface area contributed by atoms with Gasteiger partial charge in [0.15, 0.2) is 0 Å². The largest absolute Gasteiger partial charge is 0.324 e.